The maximum absolute atomic E-state index is 4.42. The van der Waals surface area contributed by atoms with Crippen molar-refractivity contribution in [2.75, 3.05) is 0 Å². The highest BCUT2D eigenvalue weighted by atomic mass is 14.3. The normalized spacial score (nSPS) is 21.8. The highest BCUT2D eigenvalue weighted by Crippen LogP contribution is 2.47. The molecule has 0 aromatic heterocycles. The highest BCUT2D eigenvalue weighted by molar-refractivity contribution is 5.98. The van der Waals surface area contributed by atoms with Crippen LogP contribution in [0.5, 0.6) is 0 Å². The van der Waals surface area contributed by atoms with Gasteiger partial charge in [0.2, 0.25) is 0 Å². The molecule has 0 heteroatoms. The molecule has 0 saturated carbocycles. The second kappa shape index (κ2) is 8.22. The van der Waals surface area contributed by atoms with E-state index in [2.05, 4.69) is 81.0 Å². The molecule has 0 heterocycles. The molecule has 2 aliphatic rings. The third kappa shape index (κ3) is 3.35. The first-order valence-electron chi connectivity index (χ1n) is 12.3. The molecule has 2 aliphatic carbocycles. The second-order valence-electron chi connectivity index (χ2n) is 10.5. The molecule has 168 valence electrons. The molecule has 0 N–H and O–H groups in total. The van der Waals surface area contributed by atoms with Gasteiger partial charge in [-0.1, -0.05) is 36.8 Å². The van der Waals surface area contributed by atoms with Crippen molar-refractivity contribution < 1.29 is 0 Å². The van der Waals surface area contributed by atoms with E-state index in [0.717, 1.165) is 12.8 Å². The molecule has 1 unspecified atom stereocenters. The Balaban J connectivity index is 1.92. The lowest BCUT2D eigenvalue weighted by Gasteiger charge is -2.22. The van der Waals surface area contributed by atoms with E-state index in [0.29, 0.717) is 5.92 Å². The van der Waals surface area contributed by atoms with Gasteiger partial charge in [-0.05, 0) is 153 Å². The summed E-state index contributed by atoms with van der Waals surface area (Å²) in [5.74, 6) is 0.468. The van der Waals surface area contributed by atoms with Crippen LogP contribution in [0.25, 0.3) is 10.8 Å². The van der Waals surface area contributed by atoms with E-state index in [1.165, 1.54) is 79.3 Å². The quantitative estimate of drug-likeness (QED) is 0.428. The van der Waals surface area contributed by atoms with Gasteiger partial charge in [0.05, 0.1) is 0 Å². The summed E-state index contributed by atoms with van der Waals surface area (Å²) in [7, 11) is 0. The van der Waals surface area contributed by atoms with Crippen molar-refractivity contribution in [1.82, 2.24) is 0 Å². The Hall–Kier alpha value is -2.34. The van der Waals surface area contributed by atoms with E-state index in [9.17, 15) is 0 Å². The van der Waals surface area contributed by atoms with Gasteiger partial charge in [-0.25, -0.2) is 0 Å². The fraction of sp³-hybridized carbons (Fsp3) is 0.438. The summed E-state index contributed by atoms with van der Waals surface area (Å²) in [5.41, 5.74) is 19.1. The van der Waals surface area contributed by atoms with Crippen molar-refractivity contribution in [1.29, 1.82) is 0 Å². The van der Waals surface area contributed by atoms with Gasteiger partial charge in [0.1, 0.15) is 0 Å². The predicted molar refractivity (Wildman–Crippen MR) is 142 cm³/mol. The first kappa shape index (κ1) is 22.8. The molecule has 0 amide bonds. The molecular weight excluding hydrogens is 384 g/mol. The lowest BCUT2D eigenvalue weighted by atomic mass is 9.82. The lowest BCUT2D eigenvalue weighted by molar-refractivity contribution is 0.826. The standard InChI is InChI=1S/C32H40/c1-17-12-11-13-18(2)28(19(17)3)15-14-27-16-29-30(26(27)10)24(8)25(9)31-22(6)20(4)21(5)23(7)32(29)31/h14-15,26H,2,11-13,16H2,1,3-10H3/b27-14+,28-15?. The largest absolute Gasteiger partial charge is 0.0952 e. The van der Waals surface area contributed by atoms with Crippen LogP contribution in [0.15, 0.2) is 46.6 Å². The summed E-state index contributed by atoms with van der Waals surface area (Å²) in [6, 6.07) is 0. The molecule has 1 atom stereocenters. The molecule has 0 nitrogen and oxygen atoms in total. The van der Waals surface area contributed by atoms with E-state index in [4.69, 9.17) is 0 Å². The van der Waals surface area contributed by atoms with Gasteiger partial charge >= 0.3 is 0 Å². The molecule has 0 saturated heterocycles. The van der Waals surface area contributed by atoms with Crippen LogP contribution in [0.4, 0.5) is 0 Å². The minimum Gasteiger partial charge on any atom is -0.0952 e. The Bertz CT molecular complexity index is 1250. The average Bonchev–Trinajstić information content (AvgIpc) is 3.02. The van der Waals surface area contributed by atoms with Gasteiger partial charge in [0, 0.05) is 5.92 Å². The summed E-state index contributed by atoms with van der Waals surface area (Å²) in [5, 5.41) is 3.03. The summed E-state index contributed by atoms with van der Waals surface area (Å²) < 4.78 is 0. The van der Waals surface area contributed by atoms with Crippen LogP contribution in [0.1, 0.15) is 90.5 Å². The van der Waals surface area contributed by atoms with Crippen molar-refractivity contribution >= 4 is 10.8 Å². The highest BCUT2D eigenvalue weighted by Gasteiger charge is 2.30. The first-order chi connectivity index (χ1) is 15.1. The zero-order chi connectivity index (χ0) is 23.5. The summed E-state index contributed by atoms with van der Waals surface area (Å²) >= 11 is 0. The Morgan fingerprint density at radius 1 is 0.719 bits per heavy atom. The van der Waals surface area contributed by atoms with Gasteiger partial charge < -0.3 is 0 Å². The van der Waals surface area contributed by atoms with Crippen molar-refractivity contribution in [3.8, 4) is 0 Å². The number of rotatable bonds is 1. The Kier molecular flexibility index (Phi) is 5.86. The van der Waals surface area contributed by atoms with Crippen LogP contribution in [-0.2, 0) is 6.42 Å². The van der Waals surface area contributed by atoms with E-state index in [-0.39, 0.29) is 0 Å². The van der Waals surface area contributed by atoms with Crippen LogP contribution in [-0.4, -0.2) is 0 Å². The monoisotopic (exact) mass is 424 g/mol. The van der Waals surface area contributed by atoms with E-state index < -0.39 is 0 Å². The van der Waals surface area contributed by atoms with E-state index in [1.54, 1.807) is 16.7 Å². The number of hydrogen-bond donors (Lipinski definition) is 0. The minimum atomic E-state index is 0.468. The van der Waals surface area contributed by atoms with Crippen molar-refractivity contribution in [2.24, 2.45) is 0 Å². The third-order valence-corrected chi connectivity index (χ3v) is 8.95. The summed E-state index contributed by atoms with van der Waals surface area (Å²) in [6.07, 6.45) is 9.40. The van der Waals surface area contributed by atoms with Crippen LogP contribution in [0, 0.1) is 41.5 Å². The topological polar surface area (TPSA) is 0 Å². The van der Waals surface area contributed by atoms with Crippen LogP contribution in [0.3, 0.4) is 0 Å². The second-order valence-corrected chi connectivity index (χ2v) is 10.5. The van der Waals surface area contributed by atoms with Crippen LogP contribution in [0.2, 0.25) is 0 Å². The van der Waals surface area contributed by atoms with E-state index in [1.807, 2.05) is 0 Å². The maximum Gasteiger partial charge on any atom is 0.00320 e. The SMILES string of the molecule is C=C1CCCC(C)=C(C)C1=C/C=C1\Cc2c(c(C)c(C)c3c(C)c(C)c(C)c(C)c23)C1C. The molecule has 2 aromatic rings. The molecular formula is C32H40. The number of benzene rings is 2. The van der Waals surface area contributed by atoms with Gasteiger partial charge in [-0.3, -0.25) is 0 Å². The van der Waals surface area contributed by atoms with Crippen LogP contribution < -0.4 is 0 Å². The molecule has 32 heavy (non-hydrogen) atoms. The zero-order valence-corrected chi connectivity index (χ0v) is 21.8. The first-order valence-corrected chi connectivity index (χ1v) is 12.3. The fourth-order valence-corrected chi connectivity index (χ4v) is 6.24. The lowest BCUT2D eigenvalue weighted by Crippen LogP contribution is -2.03. The zero-order valence-electron chi connectivity index (χ0n) is 21.8. The summed E-state index contributed by atoms with van der Waals surface area (Å²) in [4.78, 5) is 0. The predicted octanol–water partition coefficient (Wildman–Crippen LogP) is 9.28. The van der Waals surface area contributed by atoms with Gasteiger partial charge in [-0.15, -0.1) is 0 Å². The minimum absolute atomic E-state index is 0.468. The van der Waals surface area contributed by atoms with Crippen molar-refractivity contribution in [2.45, 2.75) is 93.9 Å². The Morgan fingerprint density at radius 2 is 1.31 bits per heavy atom. The van der Waals surface area contributed by atoms with Gasteiger partial charge in [-0.2, -0.15) is 0 Å². The van der Waals surface area contributed by atoms with Gasteiger partial charge in [0.25, 0.3) is 0 Å². The number of allylic oxidation sites excluding steroid dienone is 7. The number of hydrogen-bond acceptors (Lipinski definition) is 0. The smallest absolute Gasteiger partial charge is 0.00320 e. The Labute approximate surface area is 195 Å². The number of fused-ring (bicyclic) bond motifs is 3. The molecule has 0 aliphatic heterocycles. The Morgan fingerprint density at radius 3 is 1.97 bits per heavy atom. The van der Waals surface area contributed by atoms with E-state index >= 15 is 0 Å². The fourth-order valence-electron chi connectivity index (χ4n) is 6.24. The summed E-state index contributed by atoms with van der Waals surface area (Å²) in [6.45, 7) is 25.3. The molecule has 0 spiro atoms. The van der Waals surface area contributed by atoms with Gasteiger partial charge in [0.15, 0.2) is 0 Å². The molecule has 4 rings (SSSR count). The molecule has 2 aromatic carbocycles. The third-order valence-electron chi connectivity index (χ3n) is 8.95. The average molecular weight is 425 g/mol. The van der Waals surface area contributed by atoms with Crippen LogP contribution >= 0.6 is 0 Å². The van der Waals surface area contributed by atoms with Crippen molar-refractivity contribution in [3.05, 3.63) is 91.1 Å². The maximum atomic E-state index is 4.42. The molecule has 0 bridgehead atoms. The molecule has 0 fully saturated rings. The molecule has 0 radical (unpaired) electrons. The van der Waals surface area contributed by atoms with Crippen molar-refractivity contribution in [3.63, 3.8) is 0 Å². The number of aryl methyl sites for hydroxylation is 3.